The lowest BCUT2D eigenvalue weighted by molar-refractivity contribution is 0.226. The van der Waals surface area contributed by atoms with Crippen LogP contribution in [-0.4, -0.2) is 21.0 Å². The van der Waals surface area contributed by atoms with Gasteiger partial charge in [-0.25, -0.2) is 4.68 Å². The summed E-state index contributed by atoms with van der Waals surface area (Å²) in [7, 11) is 0. The molecule has 0 amide bonds. The van der Waals surface area contributed by atoms with E-state index >= 15 is 0 Å². The van der Waals surface area contributed by atoms with Crippen LogP contribution in [0.25, 0.3) is 5.70 Å². The van der Waals surface area contributed by atoms with Gasteiger partial charge in [-0.15, -0.1) is 23.1 Å². The van der Waals surface area contributed by atoms with Gasteiger partial charge in [0.15, 0.2) is 6.10 Å². The fourth-order valence-corrected chi connectivity index (χ4v) is 5.58. The number of halogens is 1. The van der Waals surface area contributed by atoms with Gasteiger partial charge in [-0.1, -0.05) is 29.8 Å². The minimum absolute atomic E-state index is 0.149. The van der Waals surface area contributed by atoms with E-state index in [0.717, 1.165) is 33.0 Å². The number of nitrogens with one attached hydrogen (secondary N) is 1. The summed E-state index contributed by atoms with van der Waals surface area (Å²) in [5.74, 6) is 1.51. The number of hydrogen-bond donors (Lipinski definition) is 1. The predicted octanol–water partition coefficient (Wildman–Crippen LogP) is 6.27. The van der Waals surface area contributed by atoms with Crippen molar-refractivity contribution < 1.29 is 4.74 Å². The van der Waals surface area contributed by atoms with Crippen LogP contribution in [0.3, 0.4) is 0 Å². The highest BCUT2D eigenvalue weighted by molar-refractivity contribution is 7.98. The lowest BCUT2D eigenvalue weighted by Crippen LogP contribution is -2.32. The first-order valence-corrected chi connectivity index (χ1v) is 12.3. The molecular weight excluding hydrogens is 448 g/mol. The second kappa shape index (κ2) is 7.44. The number of thioether (sulfide) groups is 1. The van der Waals surface area contributed by atoms with E-state index in [0.29, 0.717) is 11.0 Å². The molecule has 154 valence electrons. The van der Waals surface area contributed by atoms with E-state index in [1.54, 1.807) is 29.4 Å². The molecule has 2 aromatic heterocycles. The average Bonchev–Trinajstić information content (AvgIpc) is 3.49. The van der Waals surface area contributed by atoms with Gasteiger partial charge in [0.1, 0.15) is 18.1 Å². The number of fused-ring (bicyclic) bond motifs is 3. The Morgan fingerprint density at radius 3 is 2.81 bits per heavy atom. The van der Waals surface area contributed by atoms with Crippen LogP contribution in [0.15, 0.2) is 76.8 Å². The topological polar surface area (TPSA) is 52.0 Å². The van der Waals surface area contributed by atoms with Crippen LogP contribution in [0.2, 0.25) is 5.02 Å². The molecule has 2 aromatic carbocycles. The molecule has 0 bridgehead atoms. The quantitative estimate of drug-likeness (QED) is 0.362. The van der Waals surface area contributed by atoms with Gasteiger partial charge in [-0.3, -0.25) is 0 Å². The van der Waals surface area contributed by atoms with Gasteiger partial charge in [0.05, 0.1) is 5.70 Å². The number of thiophene rings is 1. The SMILES string of the molecule is CSc1ccc([C@@H]2C3=C(Nc4ncnn42)c2cc(Cl)ccc2O[C@@H]3c2cccs2)cc1. The third kappa shape index (κ3) is 3.07. The monoisotopic (exact) mass is 464 g/mol. The van der Waals surface area contributed by atoms with Crippen molar-refractivity contribution in [3.05, 3.63) is 92.9 Å². The van der Waals surface area contributed by atoms with Crippen molar-refractivity contribution in [2.24, 2.45) is 0 Å². The Balaban J connectivity index is 1.62. The van der Waals surface area contributed by atoms with E-state index in [-0.39, 0.29) is 12.1 Å². The second-order valence-electron chi connectivity index (χ2n) is 7.31. The van der Waals surface area contributed by atoms with Crippen molar-refractivity contribution in [1.29, 1.82) is 0 Å². The number of hydrogen-bond acceptors (Lipinski definition) is 6. The first kappa shape index (κ1) is 19.0. The number of rotatable bonds is 3. The van der Waals surface area contributed by atoms with Crippen LogP contribution in [0, 0.1) is 0 Å². The van der Waals surface area contributed by atoms with Gasteiger partial charge in [0.2, 0.25) is 5.95 Å². The number of anilines is 1. The van der Waals surface area contributed by atoms with Crippen molar-refractivity contribution >= 4 is 46.3 Å². The van der Waals surface area contributed by atoms with Crippen LogP contribution in [-0.2, 0) is 0 Å². The largest absolute Gasteiger partial charge is 0.480 e. The van der Waals surface area contributed by atoms with Crippen LogP contribution >= 0.6 is 34.7 Å². The maximum Gasteiger partial charge on any atom is 0.226 e. The minimum atomic E-state index is -0.237. The fourth-order valence-electron chi connectivity index (χ4n) is 4.23. The van der Waals surface area contributed by atoms with Crippen LogP contribution < -0.4 is 10.1 Å². The van der Waals surface area contributed by atoms with Crippen LogP contribution in [0.1, 0.15) is 28.1 Å². The number of aromatic nitrogens is 3. The standard InChI is InChI=1S/C23H17ClN4OS2/c1-30-15-7-4-13(5-8-15)21-19-20(27-23-25-12-26-28(21)23)16-11-14(24)6-9-17(16)29-22(19)18-3-2-10-31-18/h2-12,21-22H,1H3,(H,25,26,27)/t21-,22-/m1/s1. The molecule has 2 atom stereocenters. The number of nitrogens with zero attached hydrogens (tertiary/aromatic N) is 3. The molecule has 8 heteroatoms. The summed E-state index contributed by atoms with van der Waals surface area (Å²) in [5, 5.41) is 10.8. The van der Waals surface area contributed by atoms with E-state index < -0.39 is 0 Å². The molecule has 0 radical (unpaired) electrons. The summed E-state index contributed by atoms with van der Waals surface area (Å²) in [4.78, 5) is 6.83. The molecule has 31 heavy (non-hydrogen) atoms. The second-order valence-corrected chi connectivity index (χ2v) is 9.61. The highest BCUT2D eigenvalue weighted by atomic mass is 35.5. The van der Waals surface area contributed by atoms with Crippen molar-refractivity contribution in [2.75, 3.05) is 11.6 Å². The Kier molecular flexibility index (Phi) is 4.56. The Morgan fingerprint density at radius 1 is 1.16 bits per heavy atom. The molecule has 0 saturated carbocycles. The Morgan fingerprint density at radius 2 is 2.03 bits per heavy atom. The maximum atomic E-state index is 6.58. The number of ether oxygens (including phenoxy) is 1. The van der Waals surface area contributed by atoms with Crippen molar-refractivity contribution in [2.45, 2.75) is 17.0 Å². The van der Waals surface area contributed by atoms with Crippen molar-refractivity contribution in [1.82, 2.24) is 14.8 Å². The molecule has 6 rings (SSSR count). The van der Waals surface area contributed by atoms with Gasteiger partial charge in [-0.2, -0.15) is 10.1 Å². The van der Waals surface area contributed by atoms with E-state index in [4.69, 9.17) is 16.3 Å². The van der Waals surface area contributed by atoms with Crippen LogP contribution in [0.4, 0.5) is 5.95 Å². The zero-order chi connectivity index (χ0) is 20.9. The minimum Gasteiger partial charge on any atom is -0.480 e. The summed E-state index contributed by atoms with van der Waals surface area (Å²) in [5.41, 5.74) is 4.16. The molecule has 0 saturated heterocycles. The molecule has 1 N–H and O–H groups in total. The van der Waals surface area contributed by atoms with Gasteiger partial charge >= 0.3 is 0 Å². The fraction of sp³-hybridized carbons (Fsp3) is 0.130. The van der Waals surface area contributed by atoms with Crippen LogP contribution in [0.5, 0.6) is 5.75 Å². The van der Waals surface area contributed by atoms with Crippen molar-refractivity contribution in [3.8, 4) is 5.75 Å². The summed E-state index contributed by atoms with van der Waals surface area (Å²) in [6.07, 6.45) is 3.43. The average molecular weight is 465 g/mol. The molecule has 2 aliphatic rings. The molecule has 0 spiro atoms. The molecule has 4 heterocycles. The third-order valence-electron chi connectivity index (χ3n) is 5.61. The third-order valence-corrected chi connectivity index (χ3v) is 7.50. The van der Waals surface area contributed by atoms with E-state index in [2.05, 4.69) is 63.4 Å². The zero-order valence-corrected chi connectivity index (χ0v) is 18.8. The molecule has 4 aromatic rings. The van der Waals surface area contributed by atoms with Gasteiger partial charge in [0, 0.05) is 25.9 Å². The Bertz CT molecular complexity index is 1300. The zero-order valence-electron chi connectivity index (χ0n) is 16.4. The Labute approximate surface area is 192 Å². The first-order chi connectivity index (χ1) is 15.2. The highest BCUT2D eigenvalue weighted by Crippen LogP contribution is 2.51. The predicted molar refractivity (Wildman–Crippen MR) is 126 cm³/mol. The summed E-state index contributed by atoms with van der Waals surface area (Å²) >= 11 is 9.79. The van der Waals surface area contributed by atoms with Gasteiger partial charge in [0.25, 0.3) is 0 Å². The lowest BCUT2D eigenvalue weighted by atomic mass is 9.86. The molecular formula is C23H17ClN4OS2. The number of benzene rings is 2. The molecule has 2 aliphatic heterocycles. The summed E-state index contributed by atoms with van der Waals surface area (Å²) < 4.78 is 8.51. The van der Waals surface area contributed by atoms with E-state index in [9.17, 15) is 0 Å². The first-order valence-electron chi connectivity index (χ1n) is 9.77. The smallest absolute Gasteiger partial charge is 0.226 e. The lowest BCUT2D eigenvalue weighted by Gasteiger charge is -2.38. The Hall–Kier alpha value is -2.74. The van der Waals surface area contributed by atoms with Crippen molar-refractivity contribution in [3.63, 3.8) is 0 Å². The molecule has 0 aliphatic carbocycles. The maximum absolute atomic E-state index is 6.58. The highest BCUT2D eigenvalue weighted by Gasteiger charge is 2.41. The molecule has 0 fully saturated rings. The van der Waals surface area contributed by atoms with E-state index in [1.165, 1.54) is 4.90 Å². The molecule has 0 unspecified atom stereocenters. The molecule has 5 nitrogen and oxygen atoms in total. The van der Waals surface area contributed by atoms with E-state index in [1.807, 2.05) is 22.9 Å². The van der Waals surface area contributed by atoms with Gasteiger partial charge in [-0.05, 0) is 53.6 Å². The summed E-state index contributed by atoms with van der Waals surface area (Å²) in [6, 6.07) is 18.4. The normalized spacial score (nSPS) is 19.2. The van der Waals surface area contributed by atoms with Gasteiger partial charge < -0.3 is 10.1 Å². The summed E-state index contributed by atoms with van der Waals surface area (Å²) in [6.45, 7) is 0.